The molecular weight excluding hydrogens is 520 g/mol. The van der Waals surface area contributed by atoms with Gasteiger partial charge in [-0.1, -0.05) is 41.5 Å². The van der Waals surface area contributed by atoms with E-state index >= 15 is 0 Å². The maximum Gasteiger partial charge on any atom is 2.00 e. The largest absolute Gasteiger partial charge is 2.00 e. The number of halogens is 1. The van der Waals surface area contributed by atoms with Gasteiger partial charge in [-0.2, -0.15) is 0 Å². The van der Waals surface area contributed by atoms with Crippen LogP contribution in [-0.2, 0) is 66.8 Å². The van der Waals surface area contributed by atoms with Gasteiger partial charge in [0.2, 0.25) is 0 Å². The maximum absolute atomic E-state index is 4.64. The van der Waals surface area contributed by atoms with Gasteiger partial charge in [0.1, 0.15) is 0 Å². The van der Waals surface area contributed by atoms with Gasteiger partial charge in [0, 0.05) is 0 Å². The van der Waals surface area contributed by atoms with Crippen LogP contribution in [0.5, 0.6) is 0 Å². The second-order valence-electron chi connectivity index (χ2n) is 4.20. The zero-order chi connectivity index (χ0) is 16.9. The third-order valence-corrected chi connectivity index (χ3v) is 8.61. The van der Waals surface area contributed by atoms with Crippen LogP contribution >= 0.6 is 25.1 Å². The Balaban J connectivity index is -0.0000000457. The van der Waals surface area contributed by atoms with Crippen molar-refractivity contribution in [3.8, 4) is 0 Å². The molecule has 0 heterocycles. The van der Waals surface area contributed by atoms with Crippen molar-refractivity contribution in [2.75, 3.05) is 37.0 Å². The van der Waals surface area contributed by atoms with Crippen molar-refractivity contribution < 1.29 is 39.8 Å². The minimum absolute atomic E-state index is 0. The van der Waals surface area contributed by atoms with Crippen LogP contribution < -0.4 is 0 Å². The molecule has 0 aromatic carbocycles. The Morgan fingerprint density at radius 3 is 0.708 bits per heavy atom. The first-order valence-corrected chi connectivity index (χ1v) is 13.9. The minimum Gasteiger partial charge on any atom is -0.813 e. The van der Waals surface area contributed by atoms with E-state index in [1.807, 2.05) is 32.1 Å². The molecule has 0 N–H and O–H groups in total. The van der Waals surface area contributed by atoms with Gasteiger partial charge in [-0.05, 0) is 69.1 Å². The molecule has 1 aliphatic rings. The van der Waals surface area contributed by atoms with E-state index in [1.54, 1.807) is 0 Å². The summed E-state index contributed by atoms with van der Waals surface area (Å²) in [6.45, 7) is 13.7. The molecule has 5 radical (unpaired) electrons. The Morgan fingerprint density at radius 1 is 0.542 bits per heavy atom. The van der Waals surface area contributed by atoms with Crippen LogP contribution in [0.25, 0.3) is 0 Å². The summed E-state index contributed by atoms with van der Waals surface area (Å²) in [4.78, 5) is 0. The molecule has 0 aromatic heterocycles. The average molecular weight is 557 g/mol. The second-order valence-corrected chi connectivity index (χ2v) is 10.7. The van der Waals surface area contributed by atoms with Crippen molar-refractivity contribution in [2.45, 2.75) is 41.5 Å². The normalized spacial score (nSPS) is 11.2. The molecule has 1 fully saturated rings. The van der Waals surface area contributed by atoms with Gasteiger partial charge < -0.3 is 27.0 Å². The molecule has 147 valence electrons. The number of rotatable bonds is 6. The first kappa shape index (κ1) is 41.6. The molecule has 1 saturated carbocycles. The summed E-state index contributed by atoms with van der Waals surface area (Å²) in [5.74, 6) is 0. The molecule has 1 aliphatic carbocycles. The summed E-state index contributed by atoms with van der Waals surface area (Å²) in [5.41, 5.74) is 0. The SMILES string of the molecule is CCP(CC)CC.CCP(CC)CC.[CH]1[CH][CH][CH][CH]1.[Cl][Ti+].[Pd+2].[SH-].[SH-]. The summed E-state index contributed by atoms with van der Waals surface area (Å²) in [5, 5.41) is 0. The summed E-state index contributed by atoms with van der Waals surface area (Å²) >= 11 is 1.47. The molecule has 0 aliphatic heterocycles. The molecule has 0 bridgehead atoms. The van der Waals surface area contributed by atoms with Gasteiger partial charge in [-0.25, -0.2) is 0 Å². The van der Waals surface area contributed by atoms with Gasteiger partial charge in [0.15, 0.2) is 0 Å². The Labute approximate surface area is 200 Å². The van der Waals surface area contributed by atoms with Crippen LogP contribution in [0, 0.1) is 32.1 Å². The molecule has 7 heteroatoms. The zero-order valence-electron chi connectivity index (χ0n) is 16.1. The van der Waals surface area contributed by atoms with Crippen LogP contribution in [0.4, 0.5) is 0 Å². The Morgan fingerprint density at radius 2 is 0.667 bits per heavy atom. The number of thiol groups is 2. The summed E-state index contributed by atoms with van der Waals surface area (Å²) in [7, 11) is 5.53. The van der Waals surface area contributed by atoms with Crippen LogP contribution in [-0.4, -0.2) is 37.0 Å². The van der Waals surface area contributed by atoms with Gasteiger partial charge in [-0.3, -0.25) is 0 Å². The van der Waals surface area contributed by atoms with E-state index in [4.69, 9.17) is 0 Å². The number of hydrogen-bond acceptors (Lipinski definition) is 2. The van der Waals surface area contributed by atoms with E-state index in [0.29, 0.717) is 15.8 Å². The van der Waals surface area contributed by atoms with Crippen molar-refractivity contribution in [3.63, 3.8) is 0 Å². The zero-order valence-corrected chi connectivity index (χ0v) is 23.6. The molecule has 24 heavy (non-hydrogen) atoms. The van der Waals surface area contributed by atoms with Crippen molar-refractivity contribution >= 4 is 52.1 Å². The number of hydrogen-bond donors (Lipinski definition) is 0. The molecule has 0 aromatic rings. The van der Waals surface area contributed by atoms with E-state index in [1.165, 1.54) is 56.3 Å². The predicted octanol–water partition coefficient (Wildman–Crippen LogP) is 6.22. The monoisotopic (exact) mass is 556 g/mol. The van der Waals surface area contributed by atoms with Crippen LogP contribution in [0.1, 0.15) is 41.5 Å². The Kier molecular flexibility index (Phi) is 70.7. The van der Waals surface area contributed by atoms with Crippen molar-refractivity contribution in [2.24, 2.45) is 0 Å². The molecule has 0 spiro atoms. The third-order valence-electron chi connectivity index (χ3n) is 3.24. The van der Waals surface area contributed by atoms with Gasteiger partial charge >= 0.3 is 49.1 Å². The predicted molar refractivity (Wildman–Crippen MR) is 122 cm³/mol. The van der Waals surface area contributed by atoms with Crippen molar-refractivity contribution in [3.05, 3.63) is 32.1 Å². The summed E-state index contributed by atoms with van der Waals surface area (Å²) in [6, 6.07) is 0. The molecule has 0 nitrogen and oxygen atoms in total. The molecule has 1 rings (SSSR count). The smallest absolute Gasteiger partial charge is 0.813 e. The topological polar surface area (TPSA) is 0 Å². The fraction of sp³-hybridized carbons (Fsp3) is 0.706. The van der Waals surface area contributed by atoms with Crippen molar-refractivity contribution in [1.29, 1.82) is 0 Å². The first-order chi connectivity index (χ1) is 10.2. The van der Waals surface area contributed by atoms with Crippen molar-refractivity contribution in [1.82, 2.24) is 0 Å². The van der Waals surface area contributed by atoms with E-state index in [9.17, 15) is 0 Å². The van der Waals surface area contributed by atoms with E-state index in [0.717, 1.165) is 0 Å². The van der Waals surface area contributed by atoms with Crippen LogP contribution in [0.2, 0.25) is 0 Å². The average Bonchev–Trinajstić information content (AvgIpc) is 3.13. The summed E-state index contributed by atoms with van der Waals surface area (Å²) < 4.78 is 0. The summed E-state index contributed by atoms with van der Waals surface area (Å²) in [6.07, 6.45) is 18.5. The fourth-order valence-electron chi connectivity index (χ4n) is 1.66. The minimum atomic E-state index is 0. The van der Waals surface area contributed by atoms with Crippen LogP contribution in [0.3, 0.4) is 0 Å². The maximum atomic E-state index is 4.64. The Hall–Kier alpha value is 3.23. The first-order valence-electron chi connectivity index (χ1n) is 8.00. The van der Waals surface area contributed by atoms with E-state index < -0.39 is 0 Å². The Bertz CT molecular complexity index is 133. The second kappa shape index (κ2) is 40.8. The quantitative estimate of drug-likeness (QED) is 0.165. The molecule has 0 amide bonds. The van der Waals surface area contributed by atoms with Gasteiger partial charge in [0.05, 0.1) is 0 Å². The van der Waals surface area contributed by atoms with Gasteiger partial charge in [0.25, 0.3) is 0 Å². The molecule has 0 unspecified atom stereocenters. The molecular formula is C17H37ClP2PdS2Ti+. The molecule has 0 atom stereocenters. The van der Waals surface area contributed by atoms with Crippen LogP contribution in [0.15, 0.2) is 0 Å². The molecule has 0 saturated heterocycles. The third kappa shape index (κ3) is 36.2. The standard InChI is InChI=1S/2C6H15P.C5H5.ClH.Pd.2H2S.Ti/c2*1-4-7(5-2)6-3;1-2-4-5-3-1;;;;;/h2*4-6H2,1-3H3;1-5H;1H;;2*1H2;/q;;;;+2;;;+2/p-3. The van der Waals surface area contributed by atoms with E-state index in [-0.39, 0.29) is 47.4 Å². The fourth-order valence-corrected chi connectivity index (χ4v) is 4.35. The van der Waals surface area contributed by atoms with E-state index in [2.05, 4.69) is 50.8 Å². The van der Waals surface area contributed by atoms with Gasteiger partial charge in [-0.15, -0.1) is 15.8 Å².